The molecule has 1 amide bonds. The number of rotatable bonds is 2. The zero-order chi connectivity index (χ0) is 12.7. The van der Waals surface area contributed by atoms with Gasteiger partial charge in [-0.1, -0.05) is 0 Å². The number of hydrogen-bond donors (Lipinski definition) is 2. The third-order valence-corrected chi connectivity index (χ3v) is 3.71. The van der Waals surface area contributed by atoms with Crippen molar-refractivity contribution in [2.24, 2.45) is 0 Å². The standard InChI is InChI=1S/C12H15BrN2O2/c1-6(2)15(3)10-5-9-7(4-8(10)13)11(16)12(17)14-9/h4-6,11,16H,1-3H3,(H,14,17). The number of aliphatic hydroxyl groups excluding tert-OH is 1. The average molecular weight is 299 g/mol. The molecule has 0 aromatic heterocycles. The van der Waals surface area contributed by atoms with Crippen molar-refractivity contribution in [3.8, 4) is 0 Å². The molecule has 0 bridgehead atoms. The van der Waals surface area contributed by atoms with Crippen molar-refractivity contribution < 1.29 is 9.90 Å². The van der Waals surface area contributed by atoms with Gasteiger partial charge in [0.25, 0.3) is 5.91 Å². The van der Waals surface area contributed by atoms with Crippen molar-refractivity contribution in [1.29, 1.82) is 0 Å². The maximum Gasteiger partial charge on any atom is 0.257 e. The summed E-state index contributed by atoms with van der Waals surface area (Å²) >= 11 is 3.47. The summed E-state index contributed by atoms with van der Waals surface area (Å²) in [5, 5.41) is 12.3. The predicted molar refractivity (Wildman–Crippen MR) is 71.3 cm³/mol. The fraction of sp³-hybridized carbons (Fsp3) is 0.417. The number of fused-ring (bicyclic) bond motifs is 1. The maximum atomic E-state index is 11.4. The Morgan fingerprint density at radius 2 is 2.12 bits per heavy atom. The largest absolute Gasteiger partial charge is 0.378 e. The minimum Gasteiger partial charge on any atom is -0.378 e. The predicted octanol–water partition coefficient (Wildman–Crippen LogP) is 2.28. The number of carbonyl (C=O) groups is 1. The molecule has 1 unspecified atom stereocenters. The molecule has 1 atom stereocenters. The lowest BCUT2D eigenvalue weighted by Crippen LogP contribution is -2.26. The summed E-state index contributed by atoms with van der Waals surface area (Å²) in [6.45, 7) is 4.18. The van der Waals surface area contributed by atoms with Gasteiger partial charge in [-0.2, -0.15) is 0 Å². The van der Waals surface area contributed by atoms with Gasteiger partial charge in [-0.05, 0) is 41.9 Å². The average Bonchev–Trinajstić information content (AvgIpc) is 2.53. The monoisotopic (exact) mass is 298 g/mol. The van der Waals surface area contributed by atoms with Crippen LogP contribution in [0.1, 0.15) is 25.5 Å². The molecule has 5 heteroatoms. The van der Waals surface area contributed by atoms with Crippen molar-refractivity contribution in [2.45, 2.75) is 26.0 Å². The minimum absolute atomic E-state index is 0.353. The van der Waals surface area contributed by atoms with E-state index in [0.717, 1.165) is 10.2 Å². The summed E-state index contributed by atoms with van der Waals surface area (Å²) in [4.78, 5) is 13.5. The molecule has 0 spiro atoms. The topological polar surface area (TPSA) is 52.6 Å². The molecule has 0 radical (unpaired) electrons. The van der Waals surface area contributed by atoms with E-state index in [1.165, 1.54) is 0 Å². The van der Waals surface area contributed by atoms with Crippen LogP contribution in [0, 0.1) is 0 Å². The summed E-state index contributed by atoms with van der Waals surface area (Å²) in [7, 11) is 1.99. The molecule has 1 aliphatic heterocycles. The number of nitrogens with one attached hydrogen (secondary N) is 1. The summed E-state index contributed by atoms with van der Waals surface area (Å²) in [5.41, 5.74) is 2.31. The number of nitrogens with zero attached hydrogens (tertiary/aromatic N) is 1. The second kappa shape index (κ2) is 4.31. The molecule has 1 heterocycles. The van der Waals surface area contributed by atoms with Gasteiger partial charge in [-0.15, -0.1) is 0 Å². The molecular weight excluding hydrogens is 284 g/mol. The molecule has 17 heavy (non-hydrogen) atoms. The molecule has 92 valence electrons. The van der Waals surface area contributed by atoms with E-state index in [1.54, 1.807) is 6.07 Å². The lowest BCUT2D eigenvalue weighted by Gasteiger charge is -2.25. The molecule has 1 aromatic rings. The normalized spacial score (nSPS) is 18.2. The van der Waals surface area contributed by atoms with Crippen molar-refractivity contribution in [2.75, 3.05) is 17.3 Å². The van der Waals surface area contributed by atoms with Crippen LogP contribution in [0.5, 0.6) is 0 Å². The van der Waals surface area contributed by atoms with E-state index in [0.29, 0.717) is 17.3 Å². The Morgan fingerprint density at radius 1 is 1.47 bits per heavy atom. The molecule has 0 fully saturated rings. The second-order valence-electron chi connectivity index (χ2n) is 4.49. The Morgan fingerprint density at radius 3 is 2.71 bits per heavy atom. The van der Waals surface area contributed by atoms with Crippen LogP contribution in [-0.4, -0.2) is 24.1 Å². The third-order valence-electron chi connectivity index (χ3n) is 3.07. The van der Waals surface area contributed by atoms with E-state index in [-0.39, 0.29) is 5.91 Å². The zero-order valence-electron chi connectivity index (χ0n) is 9.99. The molecule has 0 saturated heterocycles. The number of benzene rings is 1. The fourth-order valence-corrected chi connectivity index (χ4v) is 2.44. The Kier molecular flexibility index (Phi) is 3.14. The summed E-state index contributed by atoms with van der Waals surface area (Å²) in [6, 6.07) is 4.03. The van der Waals surface area contributed by atoms with Crippen LogP contribution in [-0.2, 0) is 4.79 Å². The first-order valence-electron chi connectivity index (χ1n) is 5.47. The maximum absolute atomic E-state index is 11.4. The molecule has 1 aliphatic rings. The van der Waals surface area contributed by atoms with Gasteiger partial charge in [0, 0.05) is 28.8 Å². The van der Waals surface area contributed by atoms with E-state index < -0.39 is 6.10 Å². The Bertz CT molecular complexity index is 474. The van der Waals surface area contributed by atoms with Gasteiger partial charge in [-0.3, -0.25) is 4.79 Å². The lowest BCUT2D eigenvalue weighted by atomic mass is 10.1. The van der Waals surface area contributed by atoms with Gasteiger partial charge in [-0.25, -0.2) is 0 Å². The number of carbonyl (C=O) groups excluding carboxylic acids is 1. The van der Waals surface area contributed by atoms with Gasteiger partial charge < -0.3 is 15.3 Å². The molecule has 1 aromatic carbocycles. The number of amides is 1. The van der Waals surface area contributed by atoms with Crippen LogP contribution in [0.2, 0.25) is 0 Å². The van der Waals surface area contributed by atoms with Gasteiger partial charge in [0.05, 0.1) is 5.69 Å². The highest BCUT2D eigenvalue weighted by atomic mass is 79.9. The van der Waals surface area contributed by atoms with Crippen LogP contribution in [0.25, 0.3) is 0 Å². The number of anilines is 2. The Balaban J connectivity index is 2.47. The van der Waals surface area contributed by atoms with E-state index in [9.17, 15) is 9.90 Å². The van der Waals surface area contributed by atoms with E-state index in [1.807, 2.05) is 13.1 Å². The van der Waals surface area contributed by atoms with Gasteiger partial charge in [0.2, 0.25) is 0 Å². The second-order valence-corrected chi connectivity index (χ2v) is 5.34. The fourth-order valence-electron chi connectivity index (χ4n) is 1.80. The number of aliphatic hydroxyl groups is 1. The zero-order valence-corrected chi connectivity index (χ0v) is 11.6. The summed E-state index contributed by atoms with van der Waals surface area (Å²) < 4.78 is 0.878. The highest BCUT2D eigenvalue weighted by Gasteiger charge is 2.30. The molecule has 0 aliphatic carbocycles. The minimum atomic E-state index is -1.06. The van der Waals surface area contributed by atoms with Crippen LogP contribution in [0.15, 0.2) is 16.6 Å². The molecule has 4 nitrogen and oxygen atoms in total. The molecule has 2 rings (SSSR count). The van der Waals surface area contributed by atoms with Gasteiger partial charge in [0.15, 0.2) is 6.10 Å². The van der Waals surface area contributed by atoms with E-state index in [2.05, 4.69) is 40.0 Å². The van der Waals surface area contributed by atoms with E-state index >= 15 is 0 Å². The molecule has 2 N–H and O–H groups in total. The highest BCUT2D eigenvalue weighted by Crippen LogP contribution is 2.39. The van der Waals surface area contributed by atoms with Gasteiger partial charge in [0.1, 0.15) is 0 Å². The third kappa shape index (κ3) is 2.05. The van der Waals surface area contributed by atoms with Gasteiger partial charge >= 0.3 is 0 Å². The van der Waals surface area contributed by atoms with Crippen LogP contribution in [0.3, 0.4) is 0 Å². The first-order chi connectivity index (χ1) is 7.91. The summed E-state index contributed by atoms with van der Waals surface area (Å²) in [6.07, 6.45) is -1.06. The van der Waals surface area contributed by atoms with Crippen LogP contribution >= 0.6 is 15.9 Å². The van der Waals surface area contributed by atoms with E-state index in [4.69, 9.17) is 0 Å². The van der Waals surface area contributed by atoms with Crippen molar-refractivity contribution in [1.82, 2.24) is 0 Å². The Hall–Kier alpha value is -1.07. The number of hydrogen-bond acceptors (Lipinski definition) is 3. The smallest absolute Gasteiger partial charge is 0.257 e. The Labute approximate surface area is 109 Å². The highest BCUT2D eigenvalue weighted by molar-refractivity contribution is 9.10. The SMILES string of the molecule is CC(C)N(C)c1cc2c(cc1Br)C(O)C(=O)N2. The van der Waals surface area contributed by atoms with Crippen LogP contribution < -0.4 is 10.2 Å². The quantitative estimate of drug-likeness (QED) is 0.881. The molecular formula is C12H15BrN2O2. The number of halogens is 1. The van der Waals surface area contributed by atoms with Crippen molar-refractivity contribution in [3.63, 3.8) is 0 Å². The first-order valence-corrected chi connectivity index (χ1v) is 6.26. The van der Waals surface area contributed by atoms with Crippen molar-refractivity contribution in [3.05, 3.63) is 22.2 Å². The van der Waals surface area contributed by atoms with Crippen LogP contribution in [0.4, 0.5) is 11.4 Å². The summed E-state index contributed by atoms with van der Waals surface area (Å²) in [5.74, 6) is -0.365. The van der Waals surface area contributed by atoms with Crippen molar-refractivity contribution >= 4 is 33.2 Å². The molecule has 0 saturated carbocycles. The lowest BCUT2D eigenvalue weighted by molar-refractivity contribution is -0.123. The first kappa shape index (κ1) is 12.4.